The van der Waals surface area contributed by atoms with Gasteiger partial charge in [0.05, 0.1) is 0 Å². The molecule has 0 N–H and O–H groups in total. The van der Waals surface area contributed by atoms with Crippen LogP contribution < -0.4 is 0 Å². The molecule has 1 aromatic rings. The van der Waals surface area contributed by atoms with Crippen LogP contribution >= 0.6 is 0 Å². The quantitative estimate of drug-likeness (QED) is 0.489. The molecule has 0 aliphatic rings. The summed E-state index contributed by atoms with van der Waals surface area (Å²) in [6.07, 6.45) is 5.94. The van der Waals surface area contributed by atoms with Crippen molar-refractivity contribution < 1.29 is 52.1 Å². The van der Waals surface area contributed by atoms with Gasteiger partial charge in [0.25, 0.3) is 0 Å². The van der Waals surface area contributed by atoms with Crippen molar-refractivity contribution in [3.8, 4) is 0 Å². The van der Waals surface area contributed by atoms with Crippen LogP contribution in [0.15, 0.2) is 36.4 Å². The second kappa shape index (κ2) is 12.3. The van der Waals surface area contributed by atoms with Gasteiger partial charge in [-0.1, -0.05) is 13.0 Å². The van der Waals surface area contributed by atoms with Crippen LogP contribution in [0.5, 0.6) is 0 Å². The SMILES string of the molecule is [CH-]=CC=[C-][CH]=[W].[CH2-]c1cccc(C)c1.[Y]. The first kappa shape index (κ1) is 17.6. The summed E-state index contributed by atoms with van der Waals surface area (Å²) in [4.78, 5) is 0. The topological polar surface area (TPSA) is 0 Å². The van der Waals surface area contributed by atoms with Crippen molar-refractivity contribution in [2.24, 2.45) is 0 Å². The fourth-order valence-corrected chi connectivity index (χ4v) is 1.09. The predicted molar refractivity (Wildman–Crippen MR) is 58.4 cm³/mol. The second-order valence-electron chi connectivity index (χ2n) is 2.63. The van der Waals surface area contributed by atoms with E-state index in [0.717, 1.165) is 5.56 Å². The molecule has 15 heavy (non-hydrogen) atoms. The maximum Gasteiger partial charge on any atom is 0 e. The van der Waals surface area contributed by atoms with Crippen LogP contribution in [0.2, 0.25) is 0 Å². The Morgan fingerprint density at radius 3 is 2.40 bits per heavy atom. The summed E-state index contributed by atoms with van der Waals surface area (Å²) in [6.45, 7) is 10.8. The van der Waals surface area contributed by atoms with Crippen molar-refractivity contribution in [1.82, 2.24) is 0 Å². The molecule has 1 aromatic carbocycles. The third-order valence-corrected chi connectivity index (χ3v) is 1.83. The molecule has 0 saturated carbocycles. The molecule has 0 aromatic heterocycles. The fourth-order valence-electron chi connectivity index (χ4n) is 0.807. The van der Waals surface area contributed by atoms with Crippen LogP contribution in [-0.4, -0.2) is 4.40 Å². The minimum Gasteiger partial charge on any atom is -0.199 e. The van der Waals surface area contributed by atoms with Crippen LogP contribution in [0.25, 0.3) is 0 Å². The fraction of sp³-hybridized carbons (Fsp3) is 0.0769. The zero-order valence-electron chi connectivity index (χ0n) is 8.81. The normalized spacial score (nSPS) is 8.33. The van der Waals surface area contributed by atoms with Crippen LogP contribution in [0, 0.1) is 26.5 Å². The smallest absolute Gasteiger partial charge is 0 e. The molecule has 0 spiro atoms. The summed E-state index contributed by atoms with van der Waals surface area (Å²) in [7, 11) is 0. The van der Waals surface area contributed by atoms with Crippen molar-refractivity contribution in [3.05, 3.63) is 67.1 Å². The molecule has 0 aliphatic carbocycles. The van der Waals surface area contributed by atoms with E-state index in [1.54, 1.807) is 6.08 Å². The summed E-state index contributed by atoms with van der Waals surface area (Å²) in [6, 6.07) is 8.12. The van der Waals surface area contributed by atoms with Gasteiger partial charge in [-0.05, 0) is 0 Å². The molecule has 2 heteroatoms. The maximum atomic E-state index is 4.96. The second-order valence-corrected chi connectivity index (χ2v) is 3.48. The Kier molecular flexibility index (Phi) is 14.5. The number of rotatable bonds is 2. The molecule has 0 heterocycles. The zero-order valence-corrected chi connectivity index (χ0v) is 14.6. The average Bonchev–Trinajstić information content (AvgIpc) is 2.15. The van der Waals surface area contributed by atoms with Crippen LogP contribution in [0.4, 0.5) is 0 Å². The van der Waals surface area contributed by atoms with Crippen LogP contribution in [0.1, 0.15) is 11.1 Å². The predicted octanol–water partition coefficient (Wildman–Crippen LogP) is 2.86. The Bertz CT molecular complexity index is 289. The van der Waals surface area contributed by atoms with Crippen molar-refractivity contribution in [2.75, 3.05) is 0 Å². The molecule has 0 nitrogen and oxygen atoms in total. The van der Waals surface area contributed by atoms with E-state index >= 15 is 0 Å². The molecule has 0 unspecified atom stereocenters. The minimum absolute atomic E-state index is 0. The summed E-state index contributed by atoms with van der Waals surface area (Å²) < 4.78 is 1.88. The van der Waals surface area contributed by atoms with Gasteiger partial charge in [0.15, 0.2) is 0 Å². The maximum absolute atomic E-state index is 4.96. The molecule has 1 radical (unpaired) electrons. The summed E-state index contributed by atoms with van der Waals surface area (Å²) in [5.74, 6) is 0. The van der Waals surface area contributed by atoms with Gasteiger partial charge >= 0.3 is 48.6 Å². The number of hydrogen-bond donors (Lipinski definition) is 0. The molecular weight excluding hydrogens is 429 g/mol. The first-order chi connectivity index (χ1) is 6.70. The number of hydrogen-bond acceptors (Lipinski definition) is 0. The molecule has 0 amide bonds. The van der Waals surface area contributed by atoms with Crippen molar-refractivity contribution in [3.63, 3.8) is 0 Å². The molecule has 0 aliphatic heterocycles. The van der Waals surface area contributed by atoms with Gasteiger partial charge in [0.1, 0.15) is 0 Å². The summed E-state index contributed by atoms with van der Waals surface area (Å²) >= 11 is 1.39. The Labute approximate surface area is 129 Å². The molecule has 0 saturated heterocycles. The summed E-state index contributed by atoms with van der Waals surface area (Å²) in [5, 5.41) is 0. The third kappa shape index (κ3) is 12.2. The largest absolute Gasteiger partial charge is 0.199 e. The first-order valence-electron chi connectivity index (χ1n) is 4.15. The van der Waals surface area contributed by atoms with Gasteiger partial charge in [-0.25, -0.2) is 0 Å². The van der Waals surface area contributed by atoms with Gasteiger partial charge in [0.2, 0.25) is 0 Å². The molecule has 0 bridgehead atoms. The molecular formula is C13H13WY-3. The van der Waals surface area contributed by atoms with E-state index in [-0.39, 0.29) is 32.7 Å². The molecule has 0 fully saturated rings. The van der Waals surface area contributed by atoms with Crippen molar-refractivity contribution in [2.45, 2.75) is 6.92 Å². The van der Waals surface area contributed by atoms with E-state index in [2.05, 4.69) is 32.1 Å². The Morgan fingerprint density at radius 2 is 2.13 bits per heavy atom. The van der Waals surface area contributed by atoms with Gasteiger partial charge in [0, 0.05) is 32.7 Å². The van der Waals surface area contributed by atoms with E-state index in [1.807, 2.05) is 16.5 Å². The van der Waals surface area contributed by atoms with E-state index in [9.17, 15) is 0 Å². The molecule has 0 atom stereocenters. The van der Waals surface area contributed by atoms with Gasteiger partial charge in [-0.2, -0.15) is 24.6 Å². The summed E-state index contributed by atoms with van der Waals surface area (Å²) in [5.41, 5.74) is 2.36. The van der Waals surface area contributed by atoms with Crippen molar-refractivity contribution >= 4 is 4.40 Å². The Hall–Kier alpha value is 0.232. The third-order valence-electron chi connectivity index (χ3n) is 1.34. The van der Waals surface area contributed by atoms with Crippen molar-refractivity contribution in [1.29, 1.82) is 0 Å². The first-order valence-corrected chi connectivity index (χ1v) is 5.85. The standard InChI is InChI=1S/C8H9.C5H4.W.Y/c1-7-4-3-5-8(2)6-7;1-3-5-4-2;;/h3-6H,1H2,2H3;1-3,5H;;/q-1;-2;;. The number of aryl methyl sites for hydroxylation is 1. The minimum atomic E-state index is 0. The molecule has 77 valence electrons. The zero-order chi connectivity index (χ0) is 10.8. The van der Waals surface area contributed by atoms with Crippen LogP contribution in [0.3, 0.4) is 0 Å². The van der Waals surface area contributed by atoms with Gasteiger partial charge < -0.3 is 0 Å². The molecule has 1 rings (SSSR count). The van der Waals surface area contributed by atoms with Gasteiger partial charge in [-0.3, -0.25) is 0 Å². The number of benzene rings is 1. The van der Waals surface area contributed by atoms with E-state index in [4.69, 9.17) is 6.58 Å². The van der Waals surface area contributed by atoms with E-state index in [1.165, 1.54) is 31.0 Å². The Balaban J connectivity index is 0. The van der Waals surface area contributed by atoms with E-state index in [0.29, 0.717) is 0 Å². The van der Waals surface area contributed by atoms with E-state index < -0.39 is 0 Å². The average molecular weight is 442 g/mol. The number of allylic oxidation sites excluding steroid dienone is 3. The van der Waals surface area contributed by atoms with Crippen LogP contribution in [-0.2, 0) is 52.1 Å². The van der Waals surface area contributed by atoms with Gasteiger partial charge in [-0.15, -0.1) is 11.6 Å². The monoisotopic (exact) mass is 442 g/mol. The Morgan fingerprint density at radius 1 is 1.47 bits per heavy atom.